The SMILES string of the molecule is Brc1nn(-c2ccc3ncccc3c2)c2nc(NC3CCC(N4CCOCC4)C3)ncc12. The zero-order valence-electron chi connectivity index (χ0n) is 17.6. The van der Waals surface area contributed by atoms with Gasteiger partial charge in [0.2, 0.25) is 5.95 Å². The lowest BCUT2D eigenvalue weighted by Crippen LogP contribution is -2.42. The quantitative estimate of drug-likeness (QED) is 0.463. The minimum absolute atomic E-state index is 0.381. The van der Waals surface area contributed by atoms with Crippen molar-refractivity contribution in [2.75, 3.05) is 31.6 Å². The van der Waals surface area contributed by atoms with Crippen LogP contribution < -0.4 is 5.32 Å². The molecule has 2 fully saturated rings. The number of ether oxygens (including phenoxy) is 1. The molecule has 2 unspecified atom stereocenters. The van der Waals surface area contributed by atoms with Crippen LogP contribution in [-0.4, -0.2) is 68.0 Å². The van der Waals surface area contributed by atoms with Crippen LogP contribution in [0, 0.1) is 0 Å². The monoisotopic (exact) mass is 493 g/mol. The van der Waals surface area contributed by atoms with Gasteiger partial charge in [0.15, 0.2) is 5.65 Å². The van der Waals surface area contributed by atoms with E-state index in [0.29, 0.717) is 18.0 Å². The molecular weight excluding hydrogens is 470 g/mol. The second-order valence-corrected chi connectivity index (χ2v) is 9.22. The van der Waals surface area contributed by atoms with Crippen LogP contribution in [0.4, 0.5) is 5.95 Å². The fourth-order valence-corrected chi connectivity index (χ4v) is 5.30. The lowest BCUT2D eigenvalue weighted by molar-refractivity contribution is 0.0178. The summed E-state index contributed by atoms with van der Waals surface area (Å²) in [5, 5.41) is 10.2. The highest BCUT2D eigenvalue weighted by Gasteiger charge is 2.30. The lowest BCUT2D eigenvalue weighted by Gasteiger charge is -2.32. The zero-order chi connectivity index (χ0) is 21.5. The van der Waals surface area contributed by atoms with Gasteiger partial charge in [-0.15, -0.1) is 0 Å². The van der Waals surface area contributed by atoms with Gasteiger partial charge in [-0.05, 0) is 59.5 Å². The number of nitrogens with one attached hydrogen (secondary N) is 1. The van der Waals surface area contributed by atoms with Gasteiger partial charge in [0.05, 0.1) is 29.8 Å². The van der Waals surface area contributed by atoms with Crippen molar-refractivity contribution in [2.24, 2.45) is 0 Å². The molecule has 1 saturated carbocycles. The molecule has 32 heavy (non-hydrogen) atoms. The van der Waals surface area contributed by atoms with Crippen LogP contribution in [0.5, 0.6) is 0 Å². The maximum absolute atomic E-state index is 5.50. The number of fused-ring (bicyclic) bond motifs is 2. The minimum Gasteiger partial charge on any atom is -0.379 e. The molecule has 2 atom stereocenters. The van der Waals surface area contributed by atoms with Gasteiger partial charge in [0, 0.05) is 43.0 Å². The van der Waals surface area contributed by atoms with Gasteiger partial charge in [-0.3, -0.25) is 9.88 Å². The second-order valence-electron chi connectivity index (χ2n) is 8.47. The third-order valence-corrected chi connectivity index (χ3v) is 7.10. The molecule has 2 aliphatic rings. The largest absolute Gasteiger partial charge is 0.379 e. The Bertz CT molecular complexity index is 1270. The van der Waals surface area contributed by atoms with Crippen LogP contribution in [0.1, 0.15) is 19.3 Å². The molecule has 1 aliphatic carbocycles. The molecule has 164 valence electrons. The van der Waals surface area contributed by atoms with Crippen LogP contribution >= 0.6 is 15.9 Å². The Labute approximate surface area is 194 Å². The fourth-order valence-electron chi connectivity index (χ4n) is 4.86. The molecule has 0 radical (unpaired) electrons. The maximum atomic E-state index is 5.50. The molecule has 8 nitrogen and oxygen atoms in total. The number of anilines is 1. The highest BCUT2D eigenvalue weighted by atomic mass is 79.9. The summed E-state index contributed by atoms with van der Waals surface area (Å²) in [6.45, 7) is 3.76. The summed E-state index contributed by atoms with van der Waals surface area (Å²) in [4.78, 5) is 16.4. The molecule has 1 aliphatic heterocycles. The predicted molar refractivity (Wildman–Crippen MR) is 127 cm³/mol. The molecule has 4 aromatic rings. The van der Waals surface area contributed by atoms with E-state index in [1.165, 1.54) is 6.42 Å². The summed E-state index contributed by atoms with van der Waals surface area (Å²) in [7, 11) is 0. The van der Waals surface area contributed by atoms with E-state index in [9.17, 15) is 0 Å². The highest BCUT2D eigenvalue weighted by molar-refractivity contribution is 9.10. The van der Waals surface area contributed by atoms with Gasteiger partial charge >= 0.3 is 0 Å². The number of benzene rings is 1. The first-order chi connectivity index (χ1) is 15.7. The summed E-state index contributed by atoms with van der Waals surface area (Å²) in [5.74, 6) is 0.654. The van der Waals surface area contributed by atoms with E-state index in [1.54, 1.807) is 6.20 Å². The smallest absolute Gasteiger partial charge is 0.224 e. The first-order valence-corrected chi connectivity index (χ1v) is 11.9. The number of morpholine rings is 1. The van der Waals surface area contributed by atoms with Crippen LogP contribution in [0.25, 0.3) is 27.6 Å². The normalized spacial score (nSPS) is 22.0. The number of halogens is 1. The van der Waals surface area contributed by atoms with Crippen LogP contribution in [0.15, 0.2) is 47.3 Å². The molecular formula is C23H24BrN7O. The third kappa shape index (κ3) is 3.74. The van der Waals surface area contributed by atoms with Crippen molar-refractivity contribution in [1.29, 1.82) is 0 Å². The summed E-state index contributed by atoms with van der Waals surface area (Å²) in [6, 6.07) is 11.1. The van der Waals surface area contributed by atoms with Gasteiger partial charge in [-0.1, -0.05) is 6.07 Å². The minimum atomic E-state index is 0.381. The Hall–Kier alpha value is -2.62. The standard InChI is InChI=1S/C23H24BrN7O/c24-21-19-14-26-23(27-16-3-4-17(13-16)30-8-10-32-11-9-30)28-22(19)31(29-21)18-5-6-20-15(12-18)2-1-7-25-20/h1-2,5-7,12,14,16-17H,3-4,8-11,13H2,(H,26,27,28). The maximum Gasteiger partial charge on any atom is 0.224 e. The summed E-state index contributed by atoms with van der Waals surface area (Å²) >= 11 is 3.57. The van der Waals surface area contributed by atoms with Crippen molar-refractivity contribution in [3.05, 3.63) is 47.3 Å². The van der Waals surface area contributed by atoms with E-state index in [2.05, 4.69) is 53.3 Å². The van der Waals surface area contributed by atoms with Crippen LogP contribution in [0.3, 0.4) is 0 Å². The number of rotatable bonds is 4. The predicted octanol–water partition coefficient (Wildman–Crippen LogP) is 3.79. The molecule has 9 heteroatoms. The molecule has 0 bridgehead atoms. The number of nitrogens with zero attached hydrogens (tertiary/aromatic N) is 6. The van der Waals surface area contributed by atoms with Gasteiger partial charge < -0.3 is 10.1 Å². The average molecular weight is 494 g/mol. The average Bonchev–Trinajstić information content (AvgIpc) is 3.44. The van der Waals surface area contributed by atoms with Gasteiger partial charge in [-0.25, -0.2) is 9.67 Å². The van der Waals surface area contributed by atoms with Crippen LogP contribution in [0.2, 0.25) is 0 Å². The molecule has 1 N–H and O–H groups in total. The number of hydrogen-bond donors (Lipinski definition) is 1. The van der Waals surface area contributed by atoms with E-state index < -0.39 is 0 Å². The molecule has 6 rings (SSSR count). The Morgan fingerprint density at radius 3 is 2.91 bits per heavy atom. The van der Waals surface area contributed by atoms with Crippen molar-refractivity contribution in [3.63, 3.8) is 0 Å². The molecule has 1 saturated heterocycles. The van der Waals surface area contributed by atoms with Gasteiger partial charge in [-0.2, -0.15) is 10.1 Å². The first-order valence-electron chi connectivity index (χ1n) is 11.1. The van der Waals surface area contributed by atoms with Gasteiger partial charge in [0.1, 0.15) is 4.60 Å². The first kappa shape index (κ1) is 20.0. The van der Waals surface area contributed by atoms with E-state index >= 15 is 0 Å². The molecule has 0 amide bonds. The Morgan fingerprint density at radius 1 is 1.09 bits per heavy atom. The topological polar surface area (TPSA) is 81.0 Å². The number of aromatic nitrogens is 5. The third-order valence-electron chi connectivity index (χ3n) is 6.51. The van der Waals surface area contributed by atoms with Crippen molar-refractivity contribution in [1.82, 2.24) is 29.6 Å². The Morgan fingerprint density at radius 2 is 2.00 bits per heavy atom. The van der Waals surface area contributed by atoms with E-state index in [-0.39, 0.29) is 0 Å². The van der Waals surface area contributed by atoms with Gasteiger partial charge in [0.25, 0.3) is 0 Å². The highest BCUT2D eigenvalue weighted by Crippen LogP contribution is 2.29. The summed E-state index contributed by atoms with van der Waals surface area (Å²) in [5.41, 5.74) is 2.68. The molecule has 3 aromatic heterocycles. The van der Waals surface area contributed by atoms with Crippen molar-refractivity contribution in [2.45, 2.75) is 31.3 Å². The van der Waals surface area contributed by atoms with Crippen molar-refractivity contribution >= 4 is 43.8 Å². The van der Waals surface area contributed by atoms with E-state index in [0.717, 1.165) is 71.4 Å². The lowest BCUT2D eigenvalue weighted by atomic mass is 10.2. The molecule has 4 heterocycles. The van der Waals surface area contributed by atoms with Crippen molar-refractivity contribution in [3.8, 4) is 5.69 Å². The van der Waals surface area contributed by atoms with Crippen LogP contribution in [-0.2, 0) is 4.74 Å². The van der Waals surface area contributed by atoms with Crippen molar-refractivity contribution < 1.29 is 4.74 Å². The zero-order valence-corrected chi connectivity index (χ0v) is 19.2. The van der Waals surface area contributed by atoms with E-state index in [4.69, 9.17) is 9.72 Å². The fraction of sp³-hybridized carbons (Fsp3) is 0.391. The Kier molecular flexibility index (Phi) is 5.24. The number of hydrogen-bond acceptors (Lipinski definition) is 7. The summed E-state index contributed by atoms with van der Waals surface area (Å²) < 4.78 is 8.10. The summed E-state index contributed by atoms with van der Waals surface area (Å²) in [6.07, 6.45) is 7.09. The molecule has 1 aromatic carbocycles. The molecule has 0 spiro atoms. The van der Waals surface area contributed by atoms with E-state index in [1.807, 2.05) is 29.1 Å². The number of pyridine rings is 1. The second kappa shape index (κ2) is 8.38. The Balaban J connectivity index is 1.27.